The molecule has 5 nitrogen and oxygen atoms in total. The Labute approximate surface area is 141 Å². The molecule has 0 aliphatic heterocycles. The van der Waals surface area contributed by atoms with Crippen molar-refractivity contribution in [2.45, 2.75) is 19.9 Å². The van der Waals surface area contributed by atoms with Gasteiger partial charge >= 0.3 is 0 Å². The van der Waals surface area contributed by atoms with E-state index in [-0.39, 0.29) is 0 Å². The van der Waals surface area contributed by atoms with Crippen LogP contribution in [0.15, 0.2) is 40.7 Å². The Morgan fingerprint density at radius 3 is 2.87 bits per heavy atom. The lowest BCUT2D eigenvalue weighted by Gasteiger charge is -2.15. The molecule has 0 aliphatic carbocycles. The highest BCUT2D eigenvalue weighted by molar-refractivity contribution is 7.09. The van der Waals surface area contributed by atoms with Crippen LogP contribution in [0.25, 0.3) is 0 Å². The summed E-state index contributed by atoms with van der Waals surface area (Å²) < 4.78 is 5.13. The van der Waals surface area contributed by atoms with Crippen molar-refractivity contribution in [3.8, 4) is 5.88 Å². The lowest BCUT2D eigenvalue weighted by atomic mass is 10.1. The number of pyridine rings is 1. The number of nitrogens with one attached hydrogen (secondary N) is 2. The predicted molar refractivity (Wildman–Crippen MR) is 96.2 cm³/mol. The molecular formula is C17H24N4OS. The van der Waals surface area contributed by atoms with E-state index in [1.807, 2.05) is 29.5 Å². The van der Waals surface area contributed by atoms with Crippen molar-refractivity contribution in [1.29, 1.82) is 0 Å². The van der Waals surface area contributed by atoms with Crippen molar-refractivity contribution < 1.29 is 4.74 Å². The molecular weight excluding hydrogens is 308 g/mol. The van der Waals surface area contributed by atoms with Gasteiger partial charge in [-0.2, -0.15) is 0 Å². The number of ether oxygens (including phenoxy) is 1. The predicted octanol–water partition coefficient (Wildman–Crippen LogP) is 2.70. The molecule has 23 heavy (non-hydrogen) atoms. The zero-order chi connectivity index (χ0) is 16.5. The van der Waals surface area contributed by atoms with E-state index in [1.54, 1.807) is 14.2 Å². The van der Waals surface area contributed by atoms with Crippen molar-refractivity contribution >= 4 is 17.3 Å². The Morgan fingerprint density at radius 2 is 2.17 bits per heavy atom. The van der Waals surface area contributed by atoms with E-state index in [0.29, 0.717) is 18.3 Å². The Balaban J connectivity index is 1.76. The Morgan fingerprint density at radius 1 is 1.30 bits per heavy atom. The molecule has 0 fully saturated rings. The molecule has 0 spiro atoms. The molecule has 2 aromatic heterocycles. The Kier molecular flexibility index (Phi) is 6.87. The number of hydrogen-bond acceptors (Lipinski definition) is 4. The molecule has 0 radical (unpaired) electrons. The first kappa shape index (κ1) is 17.3. The van der Waals surface area contributed by atoms with Crippen LogP contribution in [0.4, 0.5) is 0 Å². The van der Waals surface area contributed by atoms with E-state index in [2.05, 4.69) is 45.0 Å². The van der Waals surface area contributed by atoms with E-state index in [1.165, 1.54) is 4.88 Å². The number of methoxy groups -OCH3 is 1. The molecule has 0 aliphatic rings. The summed E-state index contributed by atoms with van der Waals surface area (Å²) in [7, 11) is 3.40. The first-order chi connectivity index (χ1) is 11.2. The highest BCUT2D eigenvalue weighted by Gasteiger charge is 2.06. The third-order valence-electron chi connectivity index (χ3n) is 3.40. The molecule has 2 rings (SSSR count). The second-order valence-electron chi connectivity index (χ2n) is 5.37. The SMILES string of the molecule is CN=C(NCc1cccc(OC)n1)NCC(C)Cc1cccs1. The first-order valence-electron chi connectivity index (χ1n) is 7.68. The maximum atomic E-state index is 5.13. The molecule has 2 heterocycles. The van der Waals surface area contributed by atoms with Gasteiger partial charge in [-0.25, -0.2) is 4.98 Å². The van der Waals surface area contributed by atoms with Crippen LogP contribution in [0, 0.1) is 5.92 Å². The molecule has 0 saturated carbocycles. The zero-order valence-electron chi connectivity index (χ0n) is 13.9. The van der Waals surface area contributed by atoms with Crippen LogP contribution in [0.2, 0.25) is 0 Å². The summed E-state index contributed by atoms with van der Waals surface area (Å²) in [6.45, 7) is 3.73. The fraction of sp³-hybridized carbons (Fsp3) is 0.412. The number of guanidine groups is 1. The lowest BCUT2D eigenvalue weighted by molar-refractivity contribution is 0.396. The quantitative estimate of drug-likeness (QED) is 0.604. The second kappa shape index (κ2) is 9.15. The standard InChI is InChI=1S/C17H24N4OS/c1-13(10-15-7-5-9-23-15)11-19-17(18-2)20-12-14-6-4-8-16(21-14)22-3/h4-9,13H,10-12H2,1-3H3,(H2,18,19,20). The molecule has 6 heteroatoms. The maximum Gasteiger partial charge on any atom is 0.213 e. The van der Waals surface area contributed by atoms with Gasteiger partial charge in [-0.05, 0) is 29.9 Å². The molecule has 0 aromatic carbocycles. The second-order valence-corrected chi connectivity index (χ2v) is 6.40. The molecule has 0 amide bonds. The van der Waals surface area contributed by atoms with E-state index in [9.17, 15) is 0 Å². The van der Waals surface area contributed by atoms with E-state index < -0.39 is 0 Å². The normalized spacial score (nSPS) is 12.7. The highest BCUT2D eigenvalue weighted by Crippen LogP contribution is 2.13. The van der Waals surface area contributed by atoms with Gasteiger partial charge in [-0.3, -0.25) is 4.99 Å². The summed E-state index contributed by atoms with van der Waals surface area (Å²) in [5.41, 5.74) is 0.916. The Bertz CT molecular complexity index is 613. The topological polar surface area (TPSA) is 58.5 Å². The average Bonchev–Trinajstić information content (AvgIpc) is 3.08. The summed E-state index contributed by atoms with van der Waals surface area (Å²) in [4.78, 5) is 10.0. The van der Waals surface area contributed by atoms with Crippen molar-refractivity contribution in [3.63, 3.8) is 0 Å². The van der Waals surface area contributed by atoms with Crippen molar-refractivity contribution in [2.24, 2.45) is 10.9 Å². The van der Waals surface area contributed by atoms with Gasteiger partial charge in [0, 0.05) is 24.5 Å². The van der Waals surface area contributed by atoms with Crippen molar-refractivity contribution in [2.75, 3.05) is 20.7 Å². The van der Waals surface area contributed by atoms with Crippen LogP contribution < -0.4 is 15.4 Å². The molecule has 2 aromatic rings. The largest absolute Gasteiger partial charge is 0.481 e. The van der Waals surface area contributed by atoms with Gasteiger partial charge in [0.1, 0.15) is 0 Å². The average molecular weight is 332 g/mol. The summed E-state index contributed by atoms with van der Waals surface area (Å²) >= 11 is 1.81. The summed E-state index contributed by atoms with van der Waals surface area (Å²) in [6.07, 6.45) is 1.08. The van der Waals surface area contributed by atoms with Crippen LogP contribution in [0.5, 0.6) is 5.88 Å². The third-order valence-corrected chi connectivity index (χ3v) is 4.30. The number of thiophene rings is 1. The Hall–Kier alpha value is -2.08. The van der Waals surface area contributed by atoms with Gasteiger partial charge in [0.25, 0.3) is 0 Å². The molecule has 1 atom stereocenters. The molecule has 0 bridgehead atoms. The number of nitrogens with zero attached hydrogens (tertiary/aromatic N) is 2. The zero-order valence-corrected chi connectivity index (χ0v) is 14.7. The lowest BCUT2D eigenvalue weighted by Crippen LogP contribution is -2.39. The summed E-state index contributed by atoms with van der Waals surface area (Å²) in [5, 5.41) is 8.76. The first-order valence-corrected chi connectivity index (χ1v) is 8.56. The molecule has 124 valence electrons. The van der Waals surface area contributed by atoms with Gasteiger partial charge in [-0.1, -0.05) is 19.1 Å². The fourth-order valence-corrected chi connectivity index (χ4v) is 3.05. The number of aromatic nitrogens is 1. The van der Waals surface area contributed by atoms with E-state index in [0.717, 1.165) is 24.6 Å². The van der Waals surface area contributed by atoms with E-state index >= 15 is 0 Å². The van der Waals surface area contributed by atoms with Crippen LogP contribution in [-0.2, 0) is 13.0 Å². The fourth-order valence-electron chi connectivity index (χ4n) is 2.18. The summed E-state index contributed by atoms with van der Waals surface area (Å²) in [6, 6.07) is 10.0. The highest BCUT2D eigenvalue weighted by atomic mass is 32.1. The number of hydrogen-bond donors (Lipinski definition) is 2. The van der Waals surface area contributed by atoms with E-state index in [4.69, 9.17) is 4.74 Å². The van der Waals surface area contributed by atoms with Gasteiger partial charge in [-0.15, -0.1) is 11.3 Å². The van der Waals surface area contributed by atoms with Gasteiger partial charge in [0.15, 0.2) is 5.96 Å². The minimum Gasteiger partial charge on any atom is -0.481 e. The van der Waals surface area contributed by atoms with Gasteiger partial charge in [0.05, 0.1) is 19.3 Å². The van der Waals surface area contributed by atoms with Gasteiger partial charge in [0.2, 0.25) is 5.88 Å². The smallest absolute Gasteiger partial charge is 0.213 e. The van der Waals surface area contributed by atoms with Crippen LogP contribution in [0.3, 0.4) is 0 Å². The van der Waals surface area contributed by atoms with Crippen LogP contribution in [-0.4, -0.2) is 31.6 Å². The summed E-state index contributed by atoms with van der Waals surface area (Å²) in [5.74, 6) is 1.95. The molecule has 1 unspecified atom stereocenters. The van der Waals surface area contributed by atoms with Crippen LogP contribution >= 0.6 is 11.3 Å². The third kappa shape index (κ3) is 5.90. The molecule has 0 saturated heterocycles. The molecule has 2 N–H and O–H groups in total. The van der Waals surface area contributed by atoms with Crippen molar-refractivity contribution in [3.05, 3.63) is 46.3 Å². The monoisotopic (exact) mass is 332 g/mol. The maximum absolute atomic E-state index is 5.13. The van der Waals surface area contributed by atoms with Crippen molar-refractivity contribution in [1.82, 2.24) is 15.6 Å². The minimum atomic E-state index is 0.544. The van der Waals surface area contributed by atoms with Crippen LogP contribution in [0.1, 0.15) is 17.5 Å². The van der Waals surface area contributed by atoms with Gasteiger partial charge < -0.3 is 15.4 Å². The minimum absolute atomic E-state index is 0.544. The number of rotatable bonds is 7. The number of aliphatic imine (C=N–C) groups is 1.